The molecule has 0 heterocycles. The number of nitrogens with one attached hydrogen (secondary N) is 1. The van der Waals surface area contributed by atoms with Crippen LogP contribution in [0.15, 0.2) is 18.2 Å². The lowest BCUT2D eigenvalue weighted by molar-refractivity contribution is -0.121. The van der Waals surface area contributed by atoms with Crippen molar-refractivity contribution in [2.75, 3.05) is 27.8 Å². The Balaban J connectivity index is 3.05. The molecule has 0 spiro atoms. The first-order valence-electron chi connectivity index (χ1n) is 9.49. The van der Waals surface area contributed by atoms with E-state index in [1.807, 2.05) is 0 Å². The van der Waals surface area contributed by atoms with Crippen molar-refractivity contribution in [3.05, 3.63) is 34.9 Å². The van der Waals surface area contributed by atoms with Gasteiger partial charge in [0.25, 0.3) is 5.91 Å². The van der Waals surface area contributed by atoms with Crippen molar-refractivity contribution in [3.8, 4) is 11.8 Å². The summed E-state index contributed by atoms with van der Waals surface area (Å²) in [6, 6.07) is 4.10. The van der Waals surface area contributed by atoms with E-state index in [0.29, 0.717) is 31.2 Å². The highest BCUT2D eigenvalue weighted by molar-refractivity contribution is 6.04. The van der Waals surface area contributed by atoms with Gasteiger partial charge in [0.2, 0.25) is 5.91 Å². The van der Waals surface area contributed by atoms with Crippen LogP contribution in [0, 0.1) is 11.8 Å². The normalized spacial score (nSPS) is 11.0. The van der Waals surface area contributed by atoms with Crippen LogP contribution >= 0.6 is 0 Å². The average Bonchev–Trinajstić information content (AvgIpc) is 2.75. The fraction of sp³-hybridized carbons (Fsp3) is 0.455. The number of unbranched alkanes of at least 4 members (excludes halogenated alkanes) is 2. The first kappa shape index (κ1) is 24.1. The summed E-state index contributed by atoms with van der Waals surface area (Å²) in [4.78, 5) is 48.7. The Bertz CT molecular complexity index is 779. The van der Waals surface area contributed by atoms with Gasteiger partial charge in [0.1, 0.15) is 6.29 Å². The average molecular weight is 400 g/mol. The molecule has 0 saturated carbocycles. The number of hydrogen-bond acceptors (Lipinski definition) is 5. The number of rotatable bonds is 11. The number of carbonyl (C=O) groups excluding carboxylic acids is 4. The third-order valence-corrected chi connectivity index (χ3v) is 4.48. The van der Waals surface area contributed by atoms with Gasteiger partial charge >= 0.3 is 0 Å². The summed E-state index contributed by atoms with van der Waals surface area (Å²) in [7, 11) is 4.63. The van der Waals surface area contributed by atoms with Gasteiger partial charge in [0.05, 0.1) is 11.6 Å². The molecule has 0 bridgehead atoms. The Labute approximate surface area is 171 Å². The minimum absolute atomic E-state index is 0.112. The van der Waals surface area contributed by atoms with Crippen molar-refractivity contribution in [3.63, 3.8) is 0 Å². The van der Waals surface area contributed by atoms with Crippen LogP contribution in [0.2, 0.25) is 0 Å². The number of nitrogens with zero attached hydrogens (tertiary/aromatic N) is 1. The molecule has 0 fully saturated rings. The van der Waals surface area contributed by atoms with Crippen LogP contribution < -0.4 is 5.32 Å². The van der Waals surface area contributed by atoms with Crippen LogP contribution in [0.1, 0.15) is 58.4 Å². The molecule has 0 saturated heterocycles. The number of likely N-dealkylation sites (N-methyl/N-ethyl adjacent to an activating group) is 1. The van der Waals surface area contributed by atoms with E-state index in [1.165, 1.54) is 25.1 Å². The maximum atomic E-state index is 13.1. The maximum absolute atomic E-state index is 13.1. The summed E-state index contributed by atoms with van der Waals surface area (Å²) < 4.78 is 5.00. The number of methoxy groups -OCH3 is 1. The highest BCUT2D eigenvalue weighted by Crippen LogP contribution is 2.17. The molecule has 7 heteroatoms. The lowest BCUT2D eigenvalue weighted by Crippen LogP contribution is -2.39. The van der Waals surface area contributed by atoms with E-state index in [4.69, 9.17) is 4.74 Å². The van der Waals surface area contributed by atoms with Crippen molar-refractivity contribution < 1.29 is 23.9 Å². The van der Waals surface area contributed by atoms with Gasteiger partial charge in [-0.2, -0.15) is 0 Å². The molecular formula is C22H28N2O5. The molecule has 0 aliphatic rings. The van der Waals surface area contributed by atoms with E-state index in [0.717, 1.165) is 12.8 Å². The Morgan fingerprint density at radius 1 is 1.28 bits per heavy atom. The summed E-state index contributed by atoms with van der Waals surface area (Å²) in [6.07, 6.45) is 3.93. The van der Waals surface area contributed by atoms with Crippen molar-refractivity contribution in [1.82, 2.24) is 10.2 Å². The highest BCUT2D eigenvalue weighted by Gasteiger charge is 2.25. The van der Waals surface area contributed by atoms with Crippen LogP contribution in [0.25, 0.3) is 0 Å². The zero-order chi connectivity index (χ0) is 21.6. The van der Waals surface area contributed by atoms with Crippen molar-refractivity contribution in [2.45, 2.75) is 38.1 Å². The van der Waals surface area contributed by atoms with Gasteiger partial charge < -0.3 is 19.7 Å². The summed E-state index contributed by atoms with van der Waals surface area (Å²) in [6.45, 7) is 0.667. The van der Waals surface area contributed by atoms with E-state index >= 15 is 0 Å². The molecular weight excluding hydrogens is 372 g/mol. The van der Waals surface area contributed by atoms with E-state index in [1.54, 1.807) is 19.2 Å². The molecule has 1 unspecified atom stereocenters. The van der Waals surface area contributed by atoms with Gasteiger partial charge in [-0.1, -0.05) is 24.0 Å². The molecule has 2 amide bonds. The molecule has 0 aliphatic heterocycles. The van der Waals surface area contributed by atoms with Crippen LogP contribution in [-0.4, -0.2) is 63.1 Å². The predicted molar refractivity (Wildman–Crippen MR) is 110 cm³/mol. The zero-order valence-corrected chi connectivity index (χ0v) is 17.2. The van der Waals surface area contributed by atoms with Gasteiger partial charge in [-0.15, -0.1) is 0 Å². The van der Waals surface area contributed by atoms with Crippen LogP contribution in [0.3, 0.4) is 0 Å². The van der Waals surface area contributed by atoms with Gasteiger partial charge in [0, 0.05) is 51.8 Å². The van der Waals surface area contributed by atoms with Crippen LogP contribution in [-0.2, 0) is 14.3 Å². The number of ether oxygens (including phenoxy) is 1. The Morgan fingerprint density at radius 2 is 2.03 bits per heavy atom. The molecule has 1 aromatic carbocycles. The van der Waals surface area contributed by atoms with Gasteiger partial charge in [-0.25, -0.2) is 0 Å². The molecule has 0 aromatic heterocycles. The third kappa shape index (κ3) is 7.51. The topological polar surface area (TPSA) is 92.8 Å². The van der Waals surface area contributed by atoms with E-state index < -0.39 is 11.9 Å². The highest BCUT2D eigenvalue weighted by atomic mass is 16.5. The summed E-state index contributed by atoms with van der Waals surface area (Å²) in [5.74, 6) is 5.29. The van der Waals surface area contributed by atoms with Crippen molar-refractivity contribution in [1.29, 1.82) is 0 Å². The standard InChI is InChI=1S/C22H28N2O5/c1-23-20(27)13-12-19(16-26)24(2)22(28)21-17(10-8-11-18(21)15-25)9-6-4-5-7-14-29-3/h8,10-11,15-16,19H,4-5,7,12-14H2,1-3H3,(H,23,27). The molecule has 7 nitrogen and oxygen atoms in total. The predicted octanol–water partition coefficient (Wildman–Crippen LogP) is 1.83. The molecule has 0 radical (unpaired) electrons. The molecule has 1 rings (SSSR count). The molecule has 1 atom stereocenters. The Morgan fingerprint density at radius 3 is 2.66 bits per heavy atom. The number of hydrogen-bond donors (Lipinski definition) is 1. The molecule has 29 heavy (non-hydrogen) atoms. The largest absolute Gasteiger partial charge is 0.385 e. The van der Waals surface area contributed by atoms with Gasteiger partial charge in [-0.3, -0.25) is 14.4 Å². The lowest BCUT2D eigenvalue weighted by atomic mass is 9.99. The Kier molecular flexibility index (Phi) is 11.0. The smallest absolute Gasteiger partial charge is 0.256 e. The minimum atomic E-state index is -0.783. The summed E-state index contributed by atoms with van der Waals surface area (Å²) >= 11 is 0. The second-order valence-corrected chi connectivity index (χ2v) is 6.47. The third-order valence-electron chi connectivity index (χ3n) is 4.48. The van der Waals surface area contributed by atoms with E-state index in [-0.39, 0.29) is 29.9 Å². The van der Waals surface area contributed by atoms with E-state index in [9.17, 15) is 19.2 Å². The van der Waals surface area contributed by atoms with Crippen molar-refractivity contribution in [2.24, 2.45) is 0 Å². The second-order valence-electron chi connectivity index (χ2n) is 6.47. The van der Waals surface area contributed by atoms with Crippen LogP contribution in [0.5, 0.6) is 0 Å². The quantitative estimate of drug-likeness (QED) is 0.348. The summed E-state index contributed by atoms with van der Waals surface area (Å²) in [5, 5.41) is 2.48. The van der Waals surface area contributed by atoms with Gasteiger partial charge in [-0.05, 0) is 25.3 Å². The monoisotopic (exact) mass is 400 g/mol. The first-order valence-corrected chi connectivity index (χ1v) is 9.49. The molecule has 1 aromatic rings. The minimum Gasteiger partial charge on any atom is -0.385 e. The number of aldehydes is 2. The first-order chi connectivity index (χ1) is 14.0. The number of carbonyl (C=O) groups is 4. The fourth-order valence-electron chi connectivity index (χ4n) is 2.71. The maximum Gasteiger partial charge on any atom is 0.256 e. The number of amides is 2. The molecule has 156 valence electrons. The van der Waals surface area contributed by atoms with E-state index in [2.05, 4.69) is 17.2 Å². The second kappa shape index (κ2) is 13.2. The fourth-order valence-corrected chi connectivity index (χ4v) is 2.71. The Hall–Kier alpha value is -2.98. The van der Waals surface area contributed by atoms with Gasteiger partial charge in [0.15, 0.2) is 6.29 Å². The number of benzene rings is 1. The SMILES string of the molecule is CNC(=O)CCC(C=O)N(C)C(=O)c1c(C#CCCCCOC)cccc1C=O. The van der Waals surface area contributed by atoms with Crippen LogP contribution in [0.4, 0.5) is 0 Å². The molecule has 0 aliphatic carbocycles. The zero-order valence-electron chi connectivity index (χ0n) is 17.2. The lowest BCUT2D eigenvalue weighted by Gasteiger charge is -2.24. The summed E-state index contributed by atoms with van der Waals surface area (Å²) in [5.41, 5.74) is 0.819. The molecule has 1 N–H and O–H groups in total. The van der Waals surface area contributed by atoms with Crippen molar-refractivity contribution >= 4 is 24.4 Å².